The van der Waals surface area contributed by atoms with Crippen molar-refractivity contribution >= 4 is 11.6 Å². The van der Waals surface area contributed by atoms with Crippen LogP contribution in [0.2, 0.25) is 5.02 Å². The first-order valence-corrected chi connectivity index (χ1v) is 7.98. The highest BCUT2D eigenvalue weighted by Crippen LogP contribution is 2.43. The summed E-state index contributed by atoms with van der Waals surface area (Å²) in [6.07, 6.45) is 4.59. The standard InChI is InChI=1S/C16H22ClNO2/c1-2-13-12(8-11-4-3-5-18-10-11)9-14(17)16-15(13)19-6-7-20-16/h9,11,18H,2-8,10H2,1H3. The smallest absolute Gasteiger partial charge is 0.180 e. The molecule has 1 atom stereocenters. The minimum atomic E-state index is 0.585. The highest BCUT2D eigenvalue weighted by Gasteiger charge is 2.24. The zero-order valence-electron chi connectivity index (χ0n) is 12.0. The van der Waals surface area contributed by atoms with Gasteiger partial charge in [0.1, 0.15) is 13.2 Å². The van der Waals surface area contributed by atoms with Crippen LogP contribution in [0.25, 0.3) is 0 Å². The lowest BCUT2D eigenvalue weighted by Gasteiger charge is -2.27. The van der Waals surface area contributed by atoms with Crippen molar-refractivity contribution in [2.75, 3.05) is 26.3 Å². The van der Waals surface area contributed by atoms with E-state index in [1.807, 2.05) is 0 Å². The van der Waals surface area contributed by atoms with Crippen LogP contribution < -0.4 is 14.8 Å². The second-order valence-electron chi connectivity index (χ2n) is 5.62. The fourth-order valence-electron chi connectivity index (χ4n) is 3.25. The van der Waals surface area contributed by atoms with E-state index in [9.17, 15) is 0 Å². The van der Waals surface area contributed by atoms with Crippen LogP contribution in [0, 0.1) is 5.92 Å². The summed E-state index contributed by atoms with van der Waals surface area (Å²) in [4.78, 5) is 0. The average molecular weight is 296 g/mol. The van der Waals surface area contributed by atoms with Gasteiger partial charge in [-0.3, -0.25) is 0 Å². The molecule has 2 aliphatic rings. The first kappa shape index (κ1) is 14.0. The highest BCUT2D eigenvalue weighted by atomic mass is 35.5. The summed E-state index contributed by atoms with van der Waals surface area (Å²) in [5.41, 5.74) is 2.60. The van der Waals surface area contributed by atoms with Gasteiger partial charge >= 0.3 is 0 Å². The Labute approximate surface area is 125 Å². The van der Waals surface area contributed by atoms with Crippen molar-refractivity contribution in [1.29, 1.82) is 0 Å². The molecule has 110 valence electrons. The molecule has 1 fully saturated rings. The number of nitrogens with one attached hydrogen (secondary N) is 1. The number of fused-ring (bicyclic) bond motifs is 1. The average Bonchev–Trinajstić information content (AvgIpc) is 2.49. The number of hydrogen-bond acceptors (Lipinski definition) is 3. The van der Waals surface area contributed by atoms with Crippen molar-refractivity contribution < 1.29 is 9.47 Å². The van der Waals surface area contributed by atoms with Gasteiger partial charge in [0.25, 0.3) is 0 Å². The van der Waals surface area contributed by atoms with E-state index in [2.05, 4.69) is 18.3 Å². The van der Waals surface area contributed by atoms with Crippen molar-refractivity contribution in [3.05, 3.63) is 22.2 Å². The van der Waals surface area contributed by atoms with Gasteiger partial charge in [-0.15, -0.1) is 0 Å². The zero-order valence-corrected chi connectivity index (χ0v) is 12.8. The van der Waals surface area contributed by atoms with E-state index < -0.39 is 0 Å². The number of halogens is 1. The summed E-state index contributed by atoms with van der Waals surface area (Å²) in [6, 6.07) is 2.09. The summed E-state index contributed by atoms with van der Waals surface area (Å²) in [5.74, 6) is 2.32. The summed E-state index contributed by atoms with van der Waals surface area (Å²) in [6.45, 7) is 5.63. The molecular weight excluding hydrogens is 274 g/mol. The van der Waals surface area contributed by atoms with Crippen LogP contribution in [-0.4, -0.2) is 26.3 Å². The van der Waals surface area contributed by atoms with Crippen molar-refractivity contribution in [2.45, 2.75) is 32.6 Å². The lowest BCUT2D eigenvalue weighted by molar-refractivity contribution is 0.170. The summed E-state index contributed by atoms with van der Waals surface area (Å²) in [5, 5.41) is 4.17. The van der Waals surface area contributed by atoms with Gasteiger partial charge in [0.15, 0.2) is 11.5 Å². The number of ether oxygens (including phenoxy) is 2. The molecule has 0 bridgehead atoms. The number of benzene rings is 1. The summed E-state index contributed by atoms with van der Waals surface area (Å²) in [7, 11) is 0. The van der Waals surface area contributed by atoms with Gasteiger partial charge in [0, 0.05) is 5.56 Å². The van der Waals surface area contributed by atoms with Gasteiger partial charge in [0.05, 0.1) is 5.02 Å². The fourth-order valence-corrected chi connectivity index (χ4v) is 3.52. The van der Waals surface area contributed by atoms with Crippen molar-refractivity contribution in [2.24, 2.45) is 5.92 Å². The Morgan fingerprint density at radius 3 is 2.80 bits per heavy atom. The quantitative estimate of drug-likeness (QED) is 0.929. The topological polar surface area (TPSA) is 30.5 Å². The molecule has 1 N–H and O–H groups in total. The minimum absolute atomic E-state index is 0.585. The third-order valence-corrected chi connectivity index (χ3v) is 4.50. The Morgan fingerprint density at radius 2 is 2.10 bits per heavy atom. The maximum absolute atomic E-state index is 6.37. The maximum Gasteiger partial charge on any atom is 0.180 e. The van der Waals surface area contributed by atoms with Crippen LogP contribution >= 0.6 is 11.6 Å². The van der Waals surface area contributed by atoms with Gasteiger partial charge in [-0.05, 0) is 56.3 Å². The molecule has 0 amide bonds. The maximum atomic E-state index is 6.37. The van der Waals surface area contributed by atoms with Crippen LogP contribution in [0.3, 0.4) is 0 Å². The molecule has 1 saturated heterocycles. The molecule has 2 aliphatic heterocycles. The van der Waals surface area contributed by atoms with E-state index in [4.69, 9.17) is 21.1 Å². The van der Waals surface area contributed by atoms with Crippen LogP contribution in [0.4, 0.5) is 0 Å². The highest BCUT2D eigenvalue weighted by molar-refractivity contribution is 6.32. The van der Waals surface area contributed by atoms with Crippen LogP contribution in [0.15, 0.2) is 6.07 Å². The molecule has 4 heteroatoms. The second-order valence-corrected chi connectivity index (χ2v) is 6.03. The lowest BCUT2D eigenvalue weighted by Crippen LogP contribution is -2.31. The molecule has 0 aliphatic carbocycles. The Hall–Kier alpha value is -0.930. The molecule has 1 unspecified atom stereocenters. The van der Waals surface area contributed by atoms with Crippen LogP contribution in [0.1, 0.15) is 30.9 Å². The van der Waals surface area contributed by atoms with E-state index in [0.29, 0.717) is 24.2 Å². The second kappa shape index (κ2) is 6.23. The molecule has 0 aromatic heterocycles. The van der Waals surface area contributed by atoms with E-state index in [1.54, 1.807) is 0 Å². The van der Waals surface area contributed by atoms with Gasteiger partial charge in [-0.25, -0.2) is 0 Å². The Balaban J connectivity index is 1.91. The monoisotopic (exact) mass is 295 g/mol. The van der Waals surface area contributed by atoms with Gasteiger partial charge in [0.2, 0.25) is 0 Å². The Kier molecular flexibility index (Phi) is 4.37. The largest absolute Gasteiger partial charge is 0.486 e. The summed E-state index contributed by atoms with van der Waals surface area (Å²) < 4.78 is 11.5. The molecule has 1 aromatic rings. The van der Waals surface area contributed by atoms with E-state index in [0.717, 1.165) is 37.4 Å². The molecule has 0 radical (unpaired) electrons. The van der Waals surface area contributed by atoms with Gasteiger partial charge in [-0.2, -0.15) is 0 Å². The first-order chi connectivity index (χ1) is 9.79. The number of hydrogen-bond donors (Lipinski definition) is 1. The third kappa shape index (κ3) is 2.75. The molecule has 2 heterocycles. The van der Waals surface area contributed by atoms with Gasteiger partial charge < -0.3 is 14.8 Å². The number of rotatable bonds is 3. The Bertz CT molecular complexity index is 484. The van der Waals surface area contributed by atoms with Crippen molar-refractivity contribution in [1.82, 2.24) is 5.32 Å². The van der Waals surface area contributed by atoms with Crippen molar-refractivity contribution in [3.8, 4) is 11.5 Å². The molecule has 0 saturated carbocycles. The predicted octanol–water partition coefficient (Wildman–Crippen LogP) is 3.22. The lowest BCUT2D eigenvalue weighted by atomic mass is 9.89. The molecule has 3 nitrogen and oxygen atoms in total. The molecule has 1 aromatic carbocycles. The van der Waals surface area contributed by atoms with E-state index in [-0.39, 0.29) is 0 Å². The molecular formula is C16H22ClNO2. The normalized spacial score (nSPS) is 21.8. The Morgan fingerprint density at radius 1 is 1.30 bits per heavy atom. The van der Waals surface area contributed by atoms with Crippen LogP contribution in [-0.2, 0) is 12.8 Å². The SMILES string of the molecule is CCc1c(CC2CCCNC2)cc(Cl)c2c1OCCO2. The fraction of sp³-hybridized carbons (Fsp3) is 0.625. The van der Waals surface area contributed by atoms with Gasteiger partial charge in [-0.1, -0.05) is 18.5 Å². The van der Waals surface area contributed by atoms with Crippen molar-refractivity contribution in [3.63, 3.8) is 0 Å². The molecule has 3 rings (SSSR count). The summed E-state index contributed by atoms with van der Waals surface area (Å²) >= 11 is 6.37. The predicted molar refractivity (Wildman–Crippen MR) is 81.1 cm³/mol. The van der Waals surface area contributed by atoms with E-state index in [1.165, 1.54) is 24.0 Å². The molecule has 0 spiro atoms. The first-order valence-electron chi connectivity index (χ1n) is 7.60. The van der Waals surface area contributed by atoms with E-state index >= 15 is 0 Å². The van der Waals surface area contributed by atoms with Crippen LogP contribution in [0.5, 0.6) is 11.5 Å². The third-order valence-electron chi connectivity index (χ3n) is 4.22. The minimum Gasteiger partial charge on any atom is -0.486 e. The molecule has 20 heavy (non-hydrogen) atoms. The zero-order chi connectivity index (χ0) is 13.9. The number of piperidine rings is 1.